The Morgan fingerprint density at radius 3 is 2.19 bits per heavy atom. The SMILES string of the molecule is C[C@@H]1O[C@@H](OC[C@H]2O[C@@H](Cc3cc(O)c4c(c3)O[C@H](c3ccc(O)c(O)c3)CC4=O)[C@H](O)[C@@H](O)[C@@H]2O)[C@H](O)[C@H](O)[C@H]1O. The molecular formula is C28H34O14. The summed E-state index contributed by atoms with van der Waals surface area (Å²) < 4.78 is 22.7. The summed E-state index contributed by atoms with van der Waals surface area (Å²) >= 11 is 0. The minimum Gasteiger partial charge on any atom is -0.507 e. The van der Waals surface area contributed by atoms with Crippen LogP contribution in [0.25, 0.3) is 0 Å². The third-order valence-corrected chi connectivity index (χ3v) is 7.91. The Morgan fingerprint density at radius 1 is 0.786 bits per heavy atom. The number of hydrogen-bond acceptors (Lipinski definition) is 14. The number of aliphatic hydroxyl groups is 6. The molecule has 0 bridgehead atoms. The van der Waals surface area contributed by atoms with E-state index < -0.39 is 79.7 Å². The van der Waals surface area contributed by atoms with Crippen LogP contribution in [0.5, 0.6) is 23.0 Å². The van der Waals surface area contributed by atoms with Gasteiger partial charge in [-0.05, 0) is 42.3 Å². The van der Waals surface area contributed by atoms with Crippen molar-refractivity contribution in [3.63, 3.8) is 0 Å². The first-order valence-corrected chi connectivity index (χ1v) is 13.4. The lowest BCUT2D eigenvalue weighted by molar-refractivity contribution is -0.308. The summed E-state index contributed by atoms with van der Waals surface area (Å²) in [4.78, 5) is 12.9. The molecule has 11 atom stereocenters. The van der Waals surface area contributed by atoms with Crippen LogP contribution in [0.15, 0.2) is 30.3 Å². The molecule has 2 aromatic rings. The topological polar surface area (TPSA) is 236 Å². The number of carbonyl (C=O) groups excluding carboxylic acids is 1. The van der Waals surface area contributed by atoms with Gasteiger partial charge in [-0.3, -0.25) is 4.79 Å². The van der Waals surface area contributed by atoms with Crippen molar-refractivity contribution < 1.29 is 69.7 Å². The summed E-state index contributed by atoms with van der Waals surface area (Å²) in [6.07, 6.45) is -14.9. The Hall–Kier alpha value is -3.05. The van der Waals surface area contributed by atoms with Gasteiger partial charge >= 0.3 is 0 Å². The van der Waals surface area contributed by atoms with E-state index in [1.807, 2.05) is 0 Å². The van der Waals surface area contributed by atoms with Gasteiger partial charge in [0, 0.05) is 6.42 Å². The number of benzene rings is 2. The molecule has 42 heavy (non-hydrogen) atoms. The zero-order valence-corrected chi connectivity index (χ0v) is 22.4. The van der Waals surface area contributed by atoms with Crippen molar-refractivity contribution in [2.75, 3.05) is 6.61 Å². The molecule has 2 saturated heterocycles. The van der Waals surface area contributed by atoms with Gasteiger partial charge < -0.3 is 64.9 Å². The highest BCUT2D eigenvalue weighted by atomic mass is 16.7. The van der Waals surface area contributed by atoms with Gasteiger partial charge in [-0.1, -0.05) is 6.07 Å². The van der Waals surface area contributed by atoms with Crippen molar-refractivity contribution in [3.8, 4) is 23.0 Å². The highest BCUT2D eigenvalue weighted by Gasteiger charge is 2.46. The van der Waals surface area contributed by atoms with Crippen LogP contribution in [-0.2, 0) is 20.6 Å². The van der Waals surface area contributed by atoms with Crippen molar-refractivity contribution in [3.05, 3.63) is 47.0 Å². The van der Waals surface area contributed by atoms with Crippen molar-refractivity contribution in [1.82, 2.24) is 0 Å². The smallest absolute Gasteiger partial charge is 0.186 e. The van der Waals surface area contributed by atoms with Gasteiger partial charge in [-0.15, -0.1) is 0 Å². The minimum atomic E-state index is -1.66. The van der Waals surface area contributed by atoms with Gasteiger partial charge in [-0.2, -0.15) is 0 Å². The van der Waals surface area contributed by atoms with Gasteiger partial charge in [0.05, 0.1) is 25.2 Å². The fraction of sp³-hybridized carbons (Fsp3) is 0.536. The van der Waals surface area contributed by atoms with Crippen LogP contribution in [0, 0.1) is 0 Å². The summed E-state index contributed by atoms with van der Waals surface area (Å²) in [5.74, 6) is -1.47. The van der Waals surface area contributed by atoms with E-state index in [-0.39, 0.29) is 41.4 Å². The molecule has 9 N–H and O–H groups in total. The fourth-order valence-electron chi connectivity index (χ4n) is 5.45. The molecule has 3 heterocycles. The lowest BCUT2D eigenvalue weighted by Crippen LogP contribution is -2.61. The molecule has 230 valence electrons. The Labute approximate surface area is 239 Å². The average molecular weight is 595 g/mol. The van der Waals surface area contributed by atoms with Gasteiger partial charge in [0.15, 0.2) is 23.6 Å². The number of ketones is 1. The number of rotatable bonds is 6. The van der Waals surface area contributed by atoms with E-state index >= 15 is 0 Å². The first kappa shape index (κ1) is 30.4. The number of aromatic hydroxyl groups is 3. The summed E-state index contributed by atoms with van der Waals surface area (Å²) in [6, 6.07) is 6.79. The molecule has 5 rings (SSSR count). The predicted octanol–water partition coefficient (Wildman–Crippen LogP) is -1.25. The molecule has 0 spiro atoms. The second-order valence-corrected chi connectivity index (χ2v) is 10.9. The minimum absolute atomic E-state index is 0.0441. The molecule has 14 heteroatoms. The second kappa shape index (κ2) is 11.9. The Bertz CT molecular complexity index is 1300. The molecule has 3 aliphatic heterocycles. The standard InChI is InChI=1S/C28H34O14/c1-10-22(33)25(36)27(38)28(40-10)39-9-20-24(35)26(37)23(34)19(42-20)6-11-4-15(31)21-16(32)8-17(41-18(21)5-11)12-2-3-13(29)14(30)7-12/h2-5,7,10,17,19-20,22-31,33-38H,6,8-9H2,1H3/t10-,17-,19-,20+,22-,23-,24+,25+,26+,27+,28+/m0/s1. The van der Waals surface area contributed by atoms with Gasteiger partial charge in [-0.25, -0.2) is 0 Å². The van der Waals surface area contributed by atoms with E-state index in [9.17, 15) is 50.8 Å². The first-order valence-electron chi connectivity index (χ1n) is 13.4. The Morgan fingerprint density at radius 2 is 1.48 bits per heavy atom. The number of carbonyl (C=O) groups is 1. The number of Topliss-reactive ketones (excluding diaryl/α,β-unsaturated/α-hetero) is 1. The second-order valence-electron chi connectivity index (χ2n) is 10.9. The van der Waals surface area contributed by atoms with Crippen molar-refractivity contribution in [2.45, 2.75) is 87.1 Å². The van der Waals surface area contributed by atoms with Crippen molar-refractivity contribution >= 4 is 5.78 Å². The zero-order valence-electron chi connectivity index (χ0n) is 22.4. The molecule has 0 amide bonds. The van der Waals surface area contributed by atoms with E-state index in [4.69, 9.17) is 18.9 Å². The quantitative estimate of drug-likeness (QED) is 0.178. The maximum atomic E-state index is 12.9. The molecular weight excluding hydrogens is 560 g/mol. The molecule has 3 aliphatic rings. The van der Waals surface area contributed by atoms with Crippen LogP contribution in [0.4, 0.5) is 0 Å². The maximum absolute atomic E-state index is 12.9. The molecule has 2 aromatic carbocycles. The van der Waals surface area contributed by atoms with Gasteiger partial charge in [0.25, 0.3) is 0 Å². The fourth-order valence-corrected chi connectivity index (χ4v) is 5.45. The maximum Gasteiger partial charge on any atom is 0.186 e. The molecule has 14 nitrogen and oxygen atoms in total. The van der Waals surface area contributed by atoms with Crippen LogP contribution in [-0.4, -0.2) is 120 Å². The summed E-state index contributed by atoms with van der Waals surface area (Å²) in [7, 11) is 0. The van der Waals surface area contributed by atoms with Crippen LogP contribution < -0.4 is 4.74 Å². The lowest BCUT2D eigenvalue weighted by Gasteiger charge is -2.42. The Kier molecular flexibility index (Phi) is 8.63. The summed E-state index contributed by atoms with van der Waals surface area (Å²) in [5, 5.41) is 91.8. The first-order chi connectivity index (χ1) is 19.8. The molecule has 0 aromatic heterocycles. The van der Waals surface area contributed by atoms with Crippen molar-refractivity contribution in [2.24, 2.45) is 0 Å². The third kappa shape index (κ3) is 5.77. The number of hydrogen-bond donors (Lipinski definition) is 9. The highest BCUT2D eigenvalue weighted by molar-refractivity contribution is 6.02. The predicted molar refractivity (Wildman–Crippen MR) is 139 cm³/mol. The van der Waals surface area contributed by atoms with E-state index in [2.05, 4.69) is 0 Å². The number of phenols is 3. The number of fused-ring (bicyclic) bond motifs is 1. The number of phenolic OH excluding ortho intramolecular Hbond substituents is 3. The highest BCUT2D eigenvalue weighted by Crippen LogP contribution is 2.42. The van der Waals surface area contributed by atoms with Crippen LogP contribution in [0.3, 0.4) is 0 Å². The number of ether oxygens (including phenoxy) is 4. The molecule has 0 aliphatic carbocycles. The molecule has 0 radical (unpaired) electrons. The third-order valence-electron chi connectivity index (χ3n) is 7.91. The molecule has 2 fully saturated rings. The monoisotopic (exact) mass is 594 g/mol. The normalized spacial score (nSPS) is 36.7. The summed E-state index contributed by atoms with van der Waals surface area (Å²) in [5.41, 5.74) is 0.735. The van der Waals surface area contributed by atoms with Gasteiger partial charge in [0.1, 0.15) is 65.9 Å². The number of aliphatic hydroxyl groups excluding tert-OH is 6. The van der Waals surface area contributed by atoms with E-state index in [1.54, 1.807) is 0 Å². The van der Waals surface area contributed by atoms with E-state index in [1.165, 1.54) is 37.3 Å². The largest absolute Gasteiger partial charge is 0.507 e. The summed E-state index contributed by atoms with van der Waals surface area (Å²) in [6.45, 7) is 1.05. The zero-order chi connectivity index (χ0) is 30.5. The van der Waals surface area contributed by atoms with E-state index in [0.29, 0.717) is 11.1 Å². The van der Waals surface area contributed by atoms with Crippen LogP contribution in [0.1, 0.15) is 40.9 Å². The molecule has 0 unspecified atom stereocenters. The van der Waals surface area contributed by atoms with Crippen molar-refractivity contribution in [1.29, 1.82) is 0 Å². The van der Waals surface area contributed by atoms with Gasteiger partial charge in [0.2, 0.25) is 0 Å². The van der Waals surface area contributed by atoms with E-state index in [0.717, 1.165) is 0 Å². The average Bonchev–Trinajstić information content (AvgIpc) is 2.95. The van der Waals surface area contributed by atoms with Crippen LogP contribution in [0.2, 0.25) is 0 Å². The molecule has 0 saturated carbocycles. The van der Waals surface area contributed by atoms with Crippen LogP contribution >= 0.6 is 0 Å². The lowest BCUT2D eigenvalue weighted by atomic mass is 9.90. The Balaban J connectivity index is 1.30.